The van der Waals surface area contributed by atoms with Gasteiger partial charge in [0.15, 0.2) is 5.78 Å². The normalized spacial score (nSPS) is 15.2. The molecular formula is C28H30N4O3. The number of anilines is 1. The van der Waals surface area contributed by atoms with Crippen LogP contribution in [-0.2, 0) is 11.2 Å². The van der Waals surface area contributed by atoms with E-state index in [-0.39, 0.29) is 11.7 Å². The second kappa shape index (κ2) is 9.78. The molecule has 7 nitrogen and oxygen atoms in total. The Balaban J connectivity index is 1.43. The van der Waals surface area contributed by atoms with Gasteiger partial charge in [0.1, 0.15) is 12.1 Å². The highest BCUT2D eigenvalue weighted by Crippen LogP contribution is 2.36. The number of ketones is 1. The van der Waals surface area contributed by atoms with Crippen LogP contribution in [0.5, 0.6) is 0 Å². The van der Waals surface area contributed by atoms with E-state index in [2.05, 4.69) is 9.88 Å². The number of carbonyl (C=O) groups is 2. The number of Topliss-reactive ketones (excluding diaryl/α,β-unsaturated/α-hetero) is 1. The van der Waals surface area contributed by atoms with Crippen LogP contribution in [0.4, 0.5) is 5.69 Å². The fourth-order valence-electron chi connectivity index (χ4n) is 4.97. The minimum absolute atomic E-state index is 0.0972. The molecule has 3 N–H and O–H groups in total. The number of nitrogens with zero attached hydrogens (tertiary/aromatic N) is 2. The van der Waals surface area contributed by atoms with Gasteiger partial charge in [0.25, 0.3) is 5.91 Å². The highest BCUT2D eigenvalue weighted by atomic mass is 16.3. The van der Waals surface area contributed by atoms with Gasteiger partial charge in [-0.25, -0.2) is 4.98 Å². The van der Waals surface area contributed by atoms with Crippen molar-refractivity contribution in [1.29, 1.82) is 0 Å². The van der Waals surface area contributed by atoms with Crippen molar-refractivity contribution in [3.05, 3.63) is 72.2 Å². The summed E-state index contributed by atoms with van der Waals surface area (Å²) in [6.07, 6.45) is 9.68. The molecule has 0 unspecified atom stereocenters. The lowest BCUT2D eigenvalue weighted by atomic mass is 9.95. The molecule has 35 heavy (non-hydrogen) atoms. The summed E-state index contributed by atoms with van der Waals surface area (Å²) in [5, 5.41) is 2.90. The Hall–Kier alpha value is -3.87. The fourth-order valence-corrected chi connectivity index (χ4v) is 4.97. The summed E-state index contributed by atoms with van der Waals surface area (Å²) in [6.45, 7) is 1.49. The summed E-state index contributed by atoms with van der Waals surface area (Å²) in [6, 6.07) is 14.6. The monoisotopic (exact) mass is 470 g/mol. The van der Waals surface area contributed by atoms with E-state index < -0.39 is 6.04 Å². The van der Waals surface area contributed by atoms with Gasteiger partial charge < -0.3 is 20.0 Å². The number of benzene rings is 2. The van der Waals surface area contributed by atoms with E-state index >= 15 is 0 Å². The number of imidazole rings is 1. The zero-order chi connectivity index (χ0) is 24.4. The summed E-state index contributed by atoms with van der Waals surface area (Å²) < 4.78 is 7.64. The van der Waals surface area contributed by atoms with Gasteiger partial charge in [0, 0.05) is 17.3 Å². The molecule has 2 aromatic carbocycles. The minimum Gasteiger partial charge on any atom is -0.472 e. The van der Waals surface area contributed by atoms with Gasteiger partial charge in [-0.1, -0.05) is 31.4 Å². The van der Waals surface area contributed by atoms with Crippen LogP contribution in [0.25, 0.3) is 22.4 Å². The molecule has 0 aliphatic heterocycles. The number of carbonyl (C=O) groups excluding carboxylic acids is 2. The Morgan fingerprint density at radius 2 is 1.89 bits per heavy atom. The number of furan rings is 1. The van der Waals surface area contributed by atoms with Crippen LogP contribution in [0.15, 0.2) is 65.5 Å². The molecule has 5 rings (SSSR count). The van der Waals surface area contributed by atoms with Gasteiger partial charge in [-0.05, 0) is 68.1 Å². The molecule has 180 valence electrons. The molecular weight excluding hydrogens is 440 g/mol. The number of nitrogens with two attached hydrogens (primary N) is 1. The van der Waals surface area contributed by atoms with Gasteiger partial charge in [0.2, 0.25) is 0 Å². The molecule has 1 amide bonds. The Morgan fingerprint density at radius 1 is 1.11 bits per heavy atom. The molecule has 0 bridgehead atoms. The first-order valence-electron chi connectivity index (χ1n) is 12.2. The molecule has 1 saturated carbocycles. The molecule has 1 aliphatic rings. The van der Waals surface area contributed by atoms with Crippen LogP contribution in [0.1, 0.15) is 61.0 Å². The molecule has 4 aromatic rings. The van der Waals surface area contributed by atoms with Crippen molar-refractivity contribution in [2.75, 3.05) is 5.73 Å². The van der Waals surface area contributed by atoms with E-state index in [1.54, 1.807) is 24.7 Å². The first-order valence-corrected chi connectivity index (χ1v) is 12.2. The van der Waals surface area contributed by atoms with E-state index in [0.717, 1.165) is 40.8 Å². The Labute approximate surface area is 204 Å². The van der Waals surface area contributed by atoms with E-state index in [0.29, 0.717) is 23.7 Å². The van der Waals surface area contributed by atoms with Crippen molar-refractivity contribution in [3.63, 3.8) is 0 Å². The molecule has 0 radical (unpaired) electrons. The van der Waals surface area contributed by atoms with E-state index in [1.807, 2.05) is 36.4 Å². The molecule has 1 fully saturated rings. The van der Waals surface area contributed by atoms with Crippen LogP contribution in [0.3, 0.4) is 0 Å². The Morgan fingerprint density at radius 3 is 2.57 bits per heavy atom. The van der Waals surface area contributed by atoms with E-state index in [4.69, 9.17) is 15.1 Å². The van der Waals surface area contributed by atoms with Crippen LogP contribution in [0, 0.1) is 0 Å². The standard InChI is InChI=1S/C28H30N4O3/c1-18(33)24(15-19-7-10-22(29)11-8-19)31-28(34)20-9-12-26-25(16-20)30-27(21-13-14-35-17-21)32(26)23-5-3-2-4-6-23/h7-14,16-17,23-24H,2-6,15,29H2,1H3,(H,31,34)/t24-/m0/s1. The third-order valence-electron chi connectivity index (χ3n) is 6.89. The maximum atomic E-state index is 13.1. The van der Waals surface area contributed by atoms with Crippen LogP contribution in [-0.4, -0.2) is 27.3 Å². The summed E-state index contributed by atoms with van der Waals surface area (Å²) in [5.41, 5.74) is 10.5. The van der Waals surface area contributed by atoms with Gasteiger partial charge in [-0.15, -0.1) is 0 Å². The second-order valence-corrected chi connectivity index (χ2v) is 9.40. The van der Waals surface area contributed by atoms with Gasteiger partial charge in [0.05, 0.1) is 28.9 Å². The highest BCUT2D eigenvalue weighted by molar-refractivity contribution is 6.00. The second-order valence-electron chi connectivity index (χ2n) is 9.40. The Kier molecular flexibility index (Phi) is 6.40. The highest BCUT2D eigenvalue weighted by Gasteiger charge is 2.24. The number of amides is 1. The van der Waals surface area contributed by atoms with Crippen molar-refractivity contribution in [3.8, 4) is 11.4 Å². The maximum Gasteiger partial charge on any atom is 0.251 e. The zero-order valence-corrected chi connectivity index (χ0v) is 19.9. The van der Waals surface area contributed by atoms with E-state index in [1.165, 1.54) is 26.2 Å². The summed E-state index contributed by atoms with van der Waals surface area (Å²) in [4.78, 5) is 30.3. The minimum atomic E-state index is -0.622. The number of hydrogen-bond acceptors (Lipinski definition) is 5. The molecule has 1 atom stereocenters. The van der Waals surface area contributed by atoms with Gasteiger partial charge >= 0.3 is 0 Å². The molecule has 2 heterocycles. The van der Waals surface area contributed by atoms with Gasteiger partial charge in [-0.2, -0.15) is 0 Å². The molecule has 1 aliphatic carbocycles. The third kappa shape index (κ3) is 4.85. The smallest absolute Gasteiger partial charge is 0.251 e. The third-order valence-corrected chi connectivity index (χ3v) is 6.89. The van der Waals surface area contributed by atoms with Crippen molar-refractivity contribution < 1.29 is 14.0 Å². The lowest BCUT2D eigenvalue weighted by molar-refractivity contribution is -0.118. The van der Waals surface area contributed by atoms with Crippen molar-refractivity contribution >= 4 is 28.4 Å². The Bertz CT molecular complexity index is 1330. The van der Waals surface area contributed by atoms with Crippen LogP contribution >= 0.6 is 0 Å². The average Bonchev–Trinajstić information content (AvgIpc) is 3.53. The average molecular weight is 471 g/mol. The SMILES string of the molecule is CC(=O)[C@H](Cc1ccc(N)cc1)NC(=O)c1ccc2c(c1)nc(-c1ccoc1)n2C1CCCCC1. The van der Waals surface area contributed by atoms with Gasteiger partial charge in [-0.3, -0.25) is 9.59 Å². The number of nitrogens with one attached hydrogen (secondary N) is 1. The first kappa shape index (κ1) is 22.9. The summed E-state index contributed by atoms with van der Waals surface area (Å²) >= 11 is 0. The predicted molar refractivity (Wildman–Crippen MR) is 136 cm³/mol. The lowest BCUT2D eigenvalue weighted by Gasteiger charge is -2.25. The number of hydrogen-bond donors (Lipinski definition) is 2. The number of nitrogen functional groups attached to an aromatic ring is 1. The largest absolute Gasteiger partial charge is 0.472 e. The summed E-state index contributed by atoms with van der Waals surface area (Å²) in [5.74, 6) is 0.475. The van der Waals surface area contributed by atoms with Crippen LogP contribution in [0.2, 0.25) is 0 Å². The van der Waals surface area contributed by atoms with E-state index in [9.17, 15) is 9.59 Å². The zero-order valence-electron chi connectivity index (χ0n) is 19.9. The number of rotatable bonds is 7. The van der Waals surface area contributed by atoms with Crippen molar-refractivity contribution in [2.45, 2.75) is 57.5 Å². The number of aromatic nitrogens is 2. The predicted octanol–water partition coefficient (Wildman–Crippen LogP) is 5.31. The lowest BCUT2D eigenvalue weighted by Crippen LogP contribution is -2.41. The molecule has 7 heteroatoms. The van der Waals surface area contributed by atoms with Crippen molar-refractivity contribution in [2.24, 2.45) is 0 Å². The van der Waals surface area contributed by atoms with Crippen LogP contribution < -0.4 is 11.1 Å². The maximum absolute atomic E-state index is 13.1. The van der Waals surface area contributed by atoms with Crippen molar-refractivity contribution in [1.82, 2.24) is 14.9 Å². The summed E-state index contributed by atoms with van der Waals surface area (Å²) in [7, 11) is 0. The quantitative estimate of drug-likeness (QED) is 0.356. The first-order chi connectivity index (χ1) is 17.0. The number of fused-ring (bicyclic) bond motifs is 1. The fraction of sp³-hybridized carbons (Fsp3) is 0.321. The topological polar surface area (TPSA) is 103 Å². The molecule has 2 aromatic heterocycles. The molecule has 0 saturated heterocycles. The molecule has 0 spiro atoms.